The van der Waals surface area contributed by atoms with E-state index in [1.54, 1.807) is 30.2 Å². The first kappa shape index (κ1) is 24.5. The molecule has 2 aliphatic heterocycles. The third-order valence-electron chi connectivity index (χ3n) is 5.73. The van der Waals surface area contributed by atoms with Crippen molar-refractivity contribution < 1.29 is 28.9 Å². The molecule has 0 unspecified atom stereocenters. The first-order chi connectivity index (χ1) is 17.9. The molecule has 0 saturated carbocycles. The van der Waals surface area contributed by atoms with E-state index < -0.39 is 29.2 Å². The van der Waals surface area contributed by atoms with Crippen LogP contribution in [0.5, 0.6) is 0 Å². The summed E-state index contributed by atoms with van der Waals surface area (Å²) in [7, 11) is 1.28. The maximum Gasteiger partial charge on any atom is 0.276 e. The quantitative estimate of drug-likeness (QED) is 0.138. The number of nitrogen functional groups attached to an aromatic ring is 1. The molecule has 0 aromatic carbocycles. The van der Waals surface area contributed by atoms with Crippen LogP contribution in [-0.2, 0) is 25.8 Å². The van der Waals surface area contributed by atoms with Gasteiger partial charge in [-0.25, -0.2) is 14.5 Å². The number of hydrogen-bond acceptors (Lipinski definition) is 11. The maximum absolute atomic E-state index is 13.0. The van der Waals surface area contributed by atoms with E-state index >= 15 is 0 Å². The number of thioether (sulfide) groups is 1. The number of carbonyl (C=O) groups is 3. The standard InChI is InChI=1S/C22H20N8O5S2/c1-35-28-14(13-10-37-22(23)26-13)18(31)27-15-19(32)30-16(21(33)34)12(9-36-20(15)30)8-29-6-2-11(3-7-29)17-24-4-5-25-17/h2-7,10,15,20H,8-9H2,1H3,(H4,23,26,27,31,33,34)/b28-14-/t15-,20+/m1/s1. The fraction of sp³-hybridized carbons (Fsp3) is 0.227. The molecule has 2 aliphatic rings. The second-order valence-electron chi connectivity index (χ2n) is 7.99. The van der Waals surface area contributed by atoms with E-state index in [9.17, 15) is 19.5 Å². The van der Waals surface area contributed by atoms with Gasteiger partial charge in [-0.05, 0) is 0 Å². The van der Waals surface area contributed by atoms with Crippen LogP contribution in [0.2, 0.25) is 0 Å². The zero-order valence-corrected chi connectivity index (χ0v) is 20.9. The van der Waals surface area contributed by atoms with Crippen molar-refractivity contribution in [1.29, 1.82) is 0 Å². The topological polar surface area (TPSA) is 183 Å². The molecule has 190 valence electrons. The summed E-state index contributed by atoms with van der Waals surface area (Å²) in [4.78, 5) is 55.1. The second kappa shape index (κ2) is 10.0. The van der Waals surface area contributed by atoms with Gasteiger partial charge in [0.05, 0.1) is 11.7 Å². The van der Waals surface area contributed by atoms with Crippen LogP contribution in [0, 0.1) is 0 Å². The van der Waals surface area contributed by atoms with Gasteiger partial charge in [0.25, 0.3) is 11.8 Å². The summed E-state index contributed by atoms with van der Waals surface area (Å²) in [5.74, 6) is -1.66. The highest BCUT2D eigenvalue weighted by molar-refractivity contribution is 8.00. The van der Waals surface area contributed by atoms with Crippen LogP contribution >= 0.6 is 23.1 Å². The monoisotopic (exact) mass is 540 g/mol. The van der Waals surface area contributed by atoms with Crippen LogP contribution in [0.1, 0.15) is 5.69 Å². The number of β-lactam (4-membered cyclic amide) rings is 1. The van der Waals surface area contributed by atoms with Crippen molar-refractivity contribution in [3.05, 3.63) is 59.3 Å². The molecule has 15 heteroatoms. The van der Waals surface area contributed by atoms with Gasteiger partial charge in [-0.15, -0.1) is 23.1 Å². The molecule has 3 aromatic heterocycles. The van der Waals surface area contributed by atoms with Crippen LogP contribution in [-0.4, -0.2) is 67.6 Å². The number of hydrogen-bond donors (Lipinski definition) is 3. The van der Waals surface area contributed by atoms with Gasteiger partial charge in [-0.2, -0.15) is 0 Å². The summed E-state index contributed by atoms with van der Waals surface area (Å²) in [5.41, 5.74) is 6.92. The average molecular weight is 541 g/mol. The molecule has 5 heterocycles. The molecular weight excluding hydrogens is 520 g/mol. The van der Waals surface area contributed by atoms with Crippen molar-refractivity contribution >= 4 is 51.7 Å². The number of carboxylic acid groups (broad SMARTS) is 1. The first-order valence-corrected chi connectivity index (χ1v) is 12.8. The van der Waals surface area contributed by atoms with Crippen molar-refractivity contribution in [2.75, 3.05) is 18.6 Å². The smallest absolute Gasteiger partial charge is 0.276 e. The summed E-state index contributed by atoms with van der Waals surface area (Å²) in [5, 5.41) is 19.6. The summed E-state index contributed by atoms with van der Waals surface area (Å²) in [6.45, 7) is 0.248. The Hall–Kier alpha value is -4.24. The molecule has 4 N–H and O–H groups in total. The van der Waals surface area contributed by atoms with E-state index in [1.807, 2.05) is 16.7 Å². The van der Waals surface area contributed by atoms with Crippen LogP contribution in [0.15, 0.2) is 58.7 Å². The Balaban J connectivity index is 1.32. The molecule has 1 saturated heterocycles. The van der Waals surface area contributed by atoms with Crippen LogP contribution in [0.25, 0.3) is 11.4 Å². The summed E-state index contributed by atoms with van der Waals surface area (Å²) < 4.78 is 1.81. The van der Waals surface area contributed by atoms with Gasteiger partial charge in [0, 0.05) is 46.8 Å². The minimum Gasteiger partial charge on any atom is -0.543 e. The first-order valence-electron chi connectivity index (χ1n) is 10.9. The number of oxime groups is 1. The van der Waals surface area contributed by atoms with Gasteiger partial charge in [0.2, 0.25) is 0 Å². The zero-order chi connectivity index (χ0) is 26.1. The lowest BCUT2D eigenvalue weighted by molar-refractivity contribution is -0.689. The Bertz CT molecular complexity index is 1420. The highest BCUT2D eigenvalue weighted by atomic mass is 32.2. The number of nitrogens with two attached hydrogens (primary N) is 1. The Morgan fingerprint density at radius 3 is 2.81 bits per heavy atom. The average Bonchev–Trinajstić information content (AvgIpc) is 3.58. The minimum absolute atomic E-state index is 0.145. The number of anilines is 1. The van der Waals surface area contributed by atoms with E-state index in [0.29, 0.717) is 17.2 Å². The van der Waals surface area contributed by atoms with Crippen molar-refractivity contribution in [2.24, 2.45) is 5.16 Å². The highest BCUT2D eigenvalue weighted by Gasteiger charge is 2.53. The highest BCUT2D eigenvalue weighted by Crippen LogP contribution is 2.40. The van der Waals surface area contributed by atoms with Crippen molar-refractivity contribution in [3.8, 4) is 11.4 Å². The van der Waals surface area contributed by atoms with Gasteiger partial charge in [0.1, 0.15) is 30.0 Å². The zero-order valence-electron chi connectivity index (χ0n) is 19.3. The SMILES string of the molecule is CO/N=C(\C(=O)N[C@@H]1C(=O)N2C(C(=O)[O-])=C(C[n+]3ccc(-c4ncc[nH]4)cc3)CS[C@@H]12)c1csc(N)n1. The number of thiazole rings is 1. The molecule has 0 aliphatic carbocycles. The molecule has 3 aromatic rings. The lowest BCUT2D eigenvalue weighted by Crippen LogP contribution is -2.71. The maximum atomic E-state index is 13.0. The molecule has 13 nitrogen and oxygen atoms in total. The minimum atomic E-state index is -1.45. The number of fused-ring (bicyclic) bond motifs is 1. The van der Waals surface area contributed by atoms with Gasteiger partial charge in [-0.1, -0.05) is 5.16 Å². The molecule has 5 rings (SSSR count). The number of carbonyl (C=O) groups excluding carboxylic acids is 3. The number of rotatable bonds is 8. The number of pyridine rings is 1. The molecule has 0 bridgehead atoms. The molecule has 2 amide bonds. The lowest BCUT2D eigenvalue weighted by Gasteiger charge is -2.50. The predicted octanol–water partition coefficient (Wildman–Crippen LogP) is -1.14. The van der Waals surface area contributed by atoms with Crippen molar-refractivity contribution in [3.63, 3.8) is 0 Å². The fourth-order valence-electron chi connectivity index (χ4n) is 4.06. The molecule has 2 atom stereocenters. The normalized spacial score (nSPS) is 19.3. The number of carboxylic acids is 1. The Morgan fingerprint density at radius 1 is 1.41 bits per heavy atom. The number of aromatic nitrogens is 4. The predicted molar refractivity (Wildman–Crippen MR) is 131 cm³/mol. The van der Waals surface area contributed by atoms with E-state index in [4.69, 9.17) is 10.6 Å². The van der Waals surface area contributed by atoms with Crippen molar-refractivity contribution in [1.82, 2.24) is 25.2 Å². The number of aliphatic carboxylic acids is 1. The number of H-pyrrole nitrogens is 1. The molecule has 37 heavy (non-hydrogen) atoms. The number of nitrogens with zero attached hydrogens (tertiary/aromatic N) is 5. The van der Waals surface area contributed by atoms with E-state index in [2.05, 4.69) is 25.4 Å². The number of amides is 2. The van der Waals surface area contributed by atoms with Gasteiger partial charge >= 0.3 is 0 Å². The Kier molecular flexibility index (Phi) is 6.62. The van der Waals surface area contributed by atoms with E-state index in [1.165, 1.54) is 18.9 Å². The molecule has 0 radical (unpaired) electrons. The number of aromatic amines is 1. The largest absolute Gasteiger partial charge is 0.543 e. The third-order valence-corrected chi connectivity index (χ3v) is 7.74. The summed E-state index contributed by atoms with van der Waals surface area (Å²) in [6, 6.07) is 2.75. The molecular formula is C22H20N8O5S2. The van der Waals surface area contributed by atoms with E-state index in [0.717, 1.165) is 21.8 Å². The number of nitrogens with one attached hydrogen (secondary N) is 2. The second-order valence-corrected chi connectivity index (χ2v) is 9.99. The fourth-order valence-corrected chi connectivity index (χ4v) is 5.94. The number of imidazole rings is 1. The van der Waals surface area contributed by atoms with Gasteiger partial charge in [-0.3, -0.25) is 14.5 Å². The van der Waals surface area contributed by atoms with Gasteiger partial charge < -0.3 is 30.8 Å². The summed E-state index contributed by atoms with van der Waals surface area (Å²) >= 11 is 2.47. The van der Waals surface area contributed by atoms with Gasteiger partial charge in [0.15, 0.2) is 29.8 Å². The van der Waals surface area contributed by atoms with Crippen LogP contribution in [0.4, 0.5) is 5.13 Å². The van der Waals surface area contributed by atoms with Crippen LogP contribution < -0.4 is 20.7 Å². The Morgan fingerprint density at radius 2 is 2.19 bits per heavy atom. The third kappa shape index (κ3) is 4.65. The molecule has 0 spiro atoms. The lowest BCUT2D eigenvalue weighted by atomic mass is 10.0. The molecule has 1 fully saturated rings. The van der Waals surface area contributed by atoms with Crippen molar-refractivity contribution in [2.45, 2.75) is 18.0 Å². The Labute approximate surface area is 218 Å². The van der Waals surface area contributed by atoms with Crippen LogP contribution in [0.3, 0.4) is 0 Å². The summed E-state index contributed by atoms with van der Waals surface area (Å²) in [6.07, 6.45) is 6.99. The van der Waals surface area contributed by atoms with E-state index in [-0.39, 0.29) is 28.8 Å².